The van der Waals surface area contributed by atoms with Crippen LogP contribution in [0.15, 0.2) is 53.0 Å². The molecule has 122 valence electrons. The number of ether oxygens (including phenoxy) is 1. The summed E-state index contributed by atoms with van der Waals surface area (Å²) in [5.41, 5.74) is 0.977. The zero-order valence-electron chi connectivity index (χ0n) is 12.2. The maximum Gasteiger partial charge on any atom is 0.262 e. The van der Waals surface area contributed by atoms with E-state index in [-0.39, 0.29) is 12.5 Å². The molecule has 0 bridgehead atoms. The molecular formula is C15H15BrN2O4S. The predicted octanol–water partition coefficient (Wildman–Crippen LogP) is 2.84. The molecule has 0 atom stereocenters. The van der Waals surface area contributed by atoms with E-state index in [0.717, 1.165) is 10.7 Å². The van der Waals surface area contributed by atoms with Crippen molar-refractivity contribution in [2.24, 2.45) is 0 Å². The van der Waals surface area contributed by atoms with E-state index in [2.05, 4.69) is 26.0 Å². The fourth-order valence-corrected chi connectivity index (χ4v) is 2.54. The molecule has 6 nitrogen and oxygen atoms in total. The molecule has 2 aromatic carbocycles. The van der Waals surface area contributed by atoms with E-state index in [1.165, 1.54) is 0 Å². The van der Waals surface area contributed by atoms with Gasteiger partial charge < -0.3 is 10.1 Å². The zero-order valence-corrected chi connectivity index (χ0v) is 14.6. The van der Waals surface area contributed by atoms with E-state index in [1.807, 2.05) is 12.1 Å². The highest BCUT2D eigenvalue weighted by Gasteiger charge is 2.05. The Labute approximate surface area is 143 Å². The summed E-state index contributed by atoms with van der Waals surface area (Å²) < 4.78 is 30.8. The van der Waals surface area contributed by atoms with Gasteiger partial charge in [0.2, 0.25) is 10.0 Å². The van der Waals surface area contributed by atoms with Gasteiger partial charge in [-0.15, -0.1) is 0 Å². The van der Waals surface area contributed by atoms with Gasteiger partial charge in [0.15, 0.2) is 6.61 Å². The van der Waals surface area contributed by atoms with Gasteiger partial charge in [0.1, 0.15) is 5.75 Å². The van der Waals surface area contributed by atoms with Gasteiger partial charge in [-0.1, -0.05) is 15.9 Å². The number of sulfonamides is 1. The third kappa shape index (κ3) is 6.29. The van der Waals surface area contributed by atoms with E-state index in [1.54, 1.807) is 36.4 Å². The van der Waals surface area contributed by atoms with Crippen LogP contribution in [0, 0.1) is 0 Å². The number of nitrogens with one attached hydrogen (secondary N) is 2. The van der Waals surface area contributed by atoms with Crippen LogP contribution in [0.5, 0.6) is 5.75 Å². The number of carbonyl (C=O) groups excluding carboxylic acids is 1. The van der Waals surface area contributed by atoms with Crippen molar-refractivity contribution < 1.29 is 17.9 Å². The molecule has 0 spiro atoms. The maximum atomic E-state index is 11.8. The smallest absolute Gasteiger partial charge is 0.262 e. The number of rotatable bonds is 6. The fraction of sp³-hybridized carbons (Fsp3) is 0.133. The average Bonchev–Trinajstić information content (AvgIpc) is 2.47. The van der Waals surface area contributed by atoms with Crippen molar-refractivity contribution in [3.05, 3.63) is 53.0 Å². The van der Waals surface area contributed by atoms with Crippen LogP contribution in [-0.4, -0.2) is 27.2 Å². The van der Waals surface area contributed by atoms with Crippen LogP contribution < -0.4 is 14.8 Å². The fourth-order valence-electron chi connectivity index (χ4n) is 1.71. The van der Waals surface area contributed by atoms with Crippen molar-refractivity contribution in [3.8, 4) is 5.75 Å². The van der Waals surface area contributed by atoms with Crippen molar-refractivity contribution in [1.29, 1.82) is 0 Å². The lowest BCUT2D eigenvalue weighted by molar-refractivity contribution is -0.118. The number of benzene rings is 2. The first-order valence-electron chi connectivity index (χ1n) is 6.58. The zero-order chi connectivity index (χ0) is 16.9. The Hall–Kier alpha value is -2.06. The second-order valence-electron chi connectivity index (χ2n) is 4.74. The van der Waals surface area contributed by atoms with E-state index < -0.39 is 10.0 Å². The molecule has 8 heteroatoms. The lowest BCUT2D eigenvalue weighted by Gasteiger charge is -2.09. The van der Waals surface area contributed by atoms with Gasteiger partial charge in [0.05, 0.1) is 6.26 Å². The lowest BCUT2D eigenvalue weighted by atomic mass is 10.3. The van der Waals surface area contributed by atoms with Gasteiger partial charge in [-0.2, -0.15) is 0 Å². The van der Waals surface area contributed by atoms with Gasteiger partial charge in [0.25, 0.3) is 5.91 Å². The third-order valence-corrected chi connectivity index (χ3v) is 3.79. The summed E-state index contributed by atoms with van der Waals surface area (Å²) in [4.78, 5) is 11.8. The number of amides is 1. The molecule has 0 aliphatic heterocycles. The molecule has 0 heterocycles. The molecule has 23 heavy (non-hydrogen) atoms. The van der Waals surface area contributed by atoms with E-state index >= 15 is 0 Å². The minimum atomic E-state index is -3.32. The van der Waals surface area contributed by atoms with Crippen LogP contribution in [0.3, 0.4) is 0 Å². The summed E-state index contributed by atoms with van der Waals surface area (Å²) in [7, 11) is -3.32. The van der Waals surface area contributed by atoms with Crippen LogP contribution >= 0.6 is 15.9 Å². The molecule has 0 aromatic heterocycles. The SMILES string of the molecule is CS(=O)(=O)Nc1ccc(NC(=O)COc2ccc(Br)cc2)cc1. The molecule has 2 aromatic rings. The number of hydrogen-bond acceptors (Lipinski definition) is 4. The normalized spacial score (nSPS) is 10.9. The first-order valence-corrected chi connectivity index (χ1v) is 9.26. The first-order chi connectivity index (χ1) is 10.8. The highest BCUT2D eigenvalue weighted by Crippen LogP contribution is 2.17. The Kier molecular flexibility index (Phi) is 5.62. The number of carbonyl (C=O) groups is 1. The molecule has 1 amide bonds. The van der Waals surface area contributed by atoms with Crippen molar-refractivity contribution in [2.75, 3.05) is 22.9 Å². The number of anilines is 2. The minimum absolute atomic E-state index is 0.120. The molecule has 0 aliphatic carbocycles. The summed E-state index contributed by atoms with van der Waals surface area (Å²) in [6, 6.07) is 13.5. The van der Waals surface area contributed by atoms with Gasteiger partial charge in [-0.05, 0) is 48.5 Å². The van der Waals surface area contributed by atoms with Crippen LogP contribution in [0.1, 0.15) is 0 Å². The molecule has 2 N–H and O–H groups in total. The number of hydrogen-bond donors (Lipinski definition) is 2. The van der Waals surface area contributed by atoms with Gasteiger partial charge >= 0.3 is 0 Å². The van der Waals surface area contributed by atoms with Gasteiger partial charge in [0, 0.05) is 15.8 Å². The Morgan fingerprint density at radius 1 is 1.04 bits per heavy atom. The summed E-state index contributed by atoms with van der Waals surface area (Å²) in [6.45, 7) is -0.120. The standard InChI is InChI=1S/C15H15BrN2O4S/c1-23(20,21)18-13-6-4-12(5-7-13)17-15(19)10-22-14-8-2-11(16)3-9-14/h2-9,18H,10H2,1H3,(H,17,19). The molecule has 2 rings (SSSR count). The van der Waals surface area contributed by atoms with Crippen LogP contribution in [0.25, 0.3) is 0 Å². The van der Waals surface area contributed by atoms with Crippen LogP contribution in [0.2, 0.25) is 0 Å². The van der Waals surface area contributed by atoms with Crippen molar-refractivity contribution in [3.63, 3.8) is 0 Å². The number of halogens is 1. The van der Waals surface area contributed by atoms with Gasteiger partial charge in [-0.3, -0.25) is 9.52 Å². The molecular weight excluding hydrogens is 384 g/mol. The van der Waals surface area contributed by atoms with Crippen molar-refractivity contribution >= 4 is 43.2 Å². The molecule has 0 saturated heterocycles. The quantitative estimate of drug-likeness (QED) is 0.783. The molecule has 0 unspecified atom stereocenters. The van der Waals surface area contributed by atoms with E-state index in [0.29, 0.717) is 17.1 Å². The summed E-state index contributed by atoms with van der Waals surface area (Å²) >= 11 is 3.32. The molecule has 0 fully saturated rings. The average molecular weight is 399 g/mol. The van der Waals surface area contributed by atoms with Crippen molar-refractivity contribution in [2.45, 2.75) is 0 Å². The monoisotopic (exact) mass is 398 g/mol. The second kappa shape index (κ2) is 7.47. The Morgan fingerprint density at radius 2 is 1.61 bits per heavy atom. The summed E-state index contributed by atoms with van der Waals surface area (Å²) in [6.07, 6.45) is 1.07. The third-order valence-electron chi connectivity index (χ3n) is 2.66. The Balaban J connectivity index is 1.86. The Bertz CT molecular complexity index is 774. The summed E-state index contributed by atoms with van der Waals surface area (Å²) in [5, 5.41) is 2.66. The summed E-state index contributed by atoms with van der Waals surface area (Å²) in [5.74, 6) is 0.285. The maximum absolute atomic E-state index is 11.8. The molecule has 0 radical (unpaired) electrons. The first kappa shape index (κ1) is 17.3. The largest absolute Gasteiger partial charge is 0.484 e. The van der Waals surface area contributed by atoms with E-state index in [4.69, 9.17) is 4.74 Å². The molecule has 0 saturated carbocycles. The molecule has 0 aliphatic rings. The minimum Gasteiger partial charge on any atom is -0.484 e. The van der Waals surface area contributed by atoms with Crippen LogP contribution in [-0.2, 0) is 14.8 Å². The Morgan fingerprint density at radius 3 is 2.17 bits per heavy atom. The lowest BCUT2D eigenvalue weighted by Crippen LogP contribution is -2.20. The highest BCUT2D eigenvalue weighted by atomic mass is 79.9. The topological polar surface area (TPSA) is 84.5 Å². The van der Waals surface area contributed by atoms with E-state index in [9.17, 15) is 13.2 Å². The van der Waals surface area contributed by atoms with Gasteiger partial charge in [-0.25, -0.2) is 8.42 Å². The second-order valence-corrected chi connectivity index (χ2v) is 7.41. The van der Waals surface area contributed by atoms with Crippen LogP contribution in [0.4, 0.5) is 11.4 Å². The predicted molar refractivity (Wildman–Crippen MR) is 93.2 cm³/mol. The highest BCUT2D eigenvalue weighted by molar-refractivity contribution is 9.10. The van der Waals surface area contributed by atoms with Crippen molar-refractivity contribution in [1.82, 2.24) is 0 Å².